The molecular weight excluding hydrogens is 174 g/mol. The molecular formula is C12H25NO. The Labute approximate surface area is 88.4 Å². The summed E-state index contributed by atoms with van der Waals surface area (Å²) in [6.07, 6.45) is 5.54. The van der Waals surface area contributed by atoms with Crippen molar-refractivity contribution in [3.8, 4) is 0 Å². The van der Waals surface area contributed by atoms with Crippen LogP contribution in [0, 0.1) is 5.92 Å². The summed E-state index contributed by atoms with van der Waals surface area (Å²) >= 11 is 0. The van der Waals surface area contributed by atoms with Gasteiger partial charge in [0.2, 0.25) is 0 Å². The minimum atomic E-state index is 0.540. The number of rotatable bonds is 7. The molecule has 84 valence electrons. The van der Waals surface area contributed by atoms with E-state index in [9.17, 15) is 0 Å². The van der Waals surface area contributed by atoms with Crippen molar-refractivity contribution in [2.24, 2.45) is 5.92 Å². The highest BCUT2D eigenvalue weighted by molar-refractivity contribution is 4.85. The first kappa shape index (κ1) is 12.0. The SMILES string of the molecule is CCCC(C)COC1CC(NCC)C1. The first-order valence-electron chi connectivity index (χ1n) is 6.11. The third-order valence-corrected chi connectivity index (χ3v) is 2.99. The molecule has 2 nitrogen and oxygen atoms in total. The maximum absolute atomic E-state index is 5.83. The van der Waals surface area contributed by atoms with Crippen LogP contribution in [0.2, 0.25) is 0 Å². The molecule has 1 unspecified atom stereocenters. The highest BCUT2D eigenvalue weighted by Crippen LogP contribution is 2.24. The molecule has 0 aromatic rings. The molecule has 0 aliphatic heterocycles. The van der Waals surface area contributed by atoms with Crippen LogP contribution in [0.3, 0.4) is 0 Å². The van der Waals surface area contributed by atoms with Crippen LogP contribution in [0.15, 0.2) is 0 Å². The zero-order valence-electron chi connectivity index (χ0n) is 9.88. The standard InChI is InChI=1S/C12H25NO/c1-4-6-10(3)9-14-12-7-11(8-12)13-5-2/h10-13H,4-9H2,1-3H3. The third-order valence-electron chi connectivity index (χ3n) is 2.99. The van der Waals surface area contributed by atoms with Crippen molar-refractivity contribution in [3.63, 3.8) is 0 Å². The topological polar surface area (TPSA) is 21.3 Å². The summed E-state index contributed by atoms with van der Waals surface area (Å²) in [6, 6.07) is 0.728. The number of nitrogens with one attached hydrogen (secondary N) is 1. The maximum Gasteiger partial charge on any atom is 0.0605 e. The second-order valence-corrected chi connectivity index (χ2v) is 4.58. The molecule has 1 aliphatic carbocycles. The van der Waals surface area contributed by atoms with Gasteiger partial charge in [-0.15, -0.1) is 0 Å². The summed E-state index contributed by atoms with van der Waals surface area (Å²) in [6.45, 7) is 8.73. The van der Waals surface area contributed by atoms with Crippen LogP contribution in [-0.2, 0) is 4.74 Å². The molecule has 0 aromatic heterocycles. The van der Waals surface area contributed by atoms with Crippen molar-refractivity contribution in [3.05, 3.63) is 0 Å². The molecule has 1 rings (SSSR count). The lowest BCUT2D eigenvalue weighted by molar-refractivity contribution is -0.0304. The summed E-state index contributed by atoms with van der Waals surface area (Å²) in [5, 5.41) is 3.44. The van der Waals surface area contributed by atoms with E-state index >= 15 is 0 Å². The molecule has 1 fully saturated rings. The molecule has 0 heterocycles. The van der Waals surface area contributed by atoms with Crippen LogP contribution in [0.4, 0.5) is 0 Å². The quantitative estimate of drug-likeness (QED) is 0.680. The molecule has 0 amide bonds. The Hall–Kier alpha value is -0.0800. The van der Waals surface area contributed by atoms with Gasteiger partial charge in [0.25, 0.3) is 0 Å². The lowest BCUT2D eigenvalue weighted by atomic mass is 9.89. The van der Waals surface area contributed by atoms with Crippen molar-refractivity contribution in [1.82, 2.24) is 5.32 Å². The zero-order valence-corrected chi connectivity index (χ0v) is 9.88. The molecule has 1 N–H and O–H groups in total. The zero-order chi connectivity index (χ0) is 10.4. The maximum atomic E-state index is 5.83. The van der Waals surface area contributed by atoms with Gasteiger partial charge in [-0.3, -0.25) is 0 Å². The third kappa shape index (κ3) is 3.97. The second kappa shape index (κ2) is 6.41. The van der Waals surface area contributed by atoms with Gasteiger partial charge in [-0.2, -0.15) is 0 Å². The predicted octanol–water partition coefficient (Wildman–Crippen LogP) is 2.58. The van der Waals surface area contributed by atoms with E-state index in [0.29, 0.717) is 6.10 Å². The van der Waals surface area contributed by atoms with E-state index in [2.05, 4.69) is 26.1 Å². The van der Waals surface area contributed by atoms with E-state index in [-0.39, 0.29) is 0 Å². The number of hydrogen-bond donors (Lipinski definition) is 1. The van der Waals surface area contributed by atoms with Crippen LogP contribution in [-0.4, -0.2) is 25.3 Å². The first-order valence-corrected chi connectivity index (χ1v) is 6.11. The van der Waals surface area contributed by atoms with E-state index < -0.39 is 0 Å². The first-order chi connectivity index (χ1) is 6.76. The molecule has 0 saturated heterocycles. The molecule has 1 aliphatic rings. The fourth-order valence-electron chi connectivity index (χ4n) is 2.03. The average molecular weight is 199 g/mol. The van der Waals surface area contributed by atoms with Crippen LogP contribution in [0.1, 0.15) is 46.5 Å². The summed E-state index contributed by atoms with van der Waals surface area (Å²) in [7, 11) is 0. The summed E-state index contributed by atoms with van der Waals surface area (Å²) in [5.41, 5.74) is 0. The molecule has 0 radical (unpaired) electrons. The van der Waals surface area contributed by atoms with Gasteiger partial charge in [0.15, 0.2) is 0 Å². The minimum absolute atomic E-state index is 0.540. The Morgan fingerprint density at radius 3 is 2.64 bits per heavy atom. The van der Waals surface area contributed by atoms with E-state index in [1.165, 1.54) is 25.7 Å². The lowest BCUT2D eigenvalue weighted by Crippen LogP contribution is -2.45. The summed E-state index contributed by atoms with van der Waals surface area (Å²) in [5.74, 6) is 0.734. The molecule has 1 saturated carbocycles. The van der Waals surface area contributed by atoms with Gasteiger partial charge in [0, 0.05) is 12.6 Å². The van der Waals surface area contributed by atoms with Crippen LogP contribution in [0.5, 0.6) is 0 Å². The molecule has 14 heavy (non-hydrogen) atoms. The van der Waals surface area contributed by atoms with E-state index in [1.54, 1.807) is 0 Å². The Kier molecular flexibility index (Phi) is 5.49. The normalized spacial score (nSPS) is 28.5. The highest BCUT2D eigenvalue weighted by Gasteiger charge is 2.28. The van der Waals surface area contributed by atoms with Crippen LogP contribution < -0.4 is 5.32 Å². The molecule has 2 heteroatoms. The minimum Gasteiger partial charge on any atom is -0.378 e. The van der Waals surface area contributed by atoms with Crippen molar-refractivity contribution in [2.45, 2.75) is 58.6 Å². The Balaban J connectivity index is 1.95. The monoisotopic (exact) mass is 199 g/mol. The smallest absolute Gasteiger partial charge is 0.0605 e. The molecule has 0 spiro atoms. The fourth-order valence-corrected chi connectivity index (χ4v) is 2.03. The average Bonchev–Trinajstić information content (AvgIpc) is 2.09. The largest absolute Gasteiger partial charge is 0.378 e. The predicted molar refractivity (Wildman–Crippen MR) is 60.5 cm³/mol. The van der Waals surface area contributed by atoms with E-state index in [4.69, 9.17) is 4.74 Å². The summed E-state index contributed by atoms with van der Waals surface area (Å²) < 4.78 is 5.83. The molecule has 0 bridgehead atoms. The second-order valence-electron chi connectivity index (χ2n) is 4.58. The Morgan fingerprint density at radius 2 is 2.07 bits per heavy atom. The Bertz CT molecular complexity index is 143. The van der Waals surface area contributed by atoms with Gasteiger partial charge in [0.05, 0.1) is 6.10 Å². The van der Waals surface area contributed by atoms with E-state index in [0.717, 1.165) is 25.1 Å². The highest BCUT2D eigenvalue weighted by atomic mass is 16.5. The van der Waals surface area contributed by atoms with Crippen LogP contribution in [0.25, 0.3) is 0 Å². The van der Waals surface area contributed by atoms with Gasteiger partial charge in [-0.25, -0.2) is 0 Å². The fraction of sp³-hybridized carbons (Fsp3) is 1.00. The lowest BCUT2D eigenvalue weighted by Gasteiger charge is -2.36. The van der Waals surface area contributed by atoms with E-state index in [1.807, 2.05) is 0 Å². The molecule has 0 aromatic carbocycles. The van der Waals surface area contributed by atoms with Crippen molar-refractivity contribution >= 4 is 0 Å². The Morgan fingerprint density at radius 1 is 1.36 bits per heavy atom. The number of ether oxygens (including phenoxy) is 1. The van der Waals surface area contributed by atoms with Crippen molar-refractivity contribution < 1.29 is 4.74 Å². The van der Waals surface area contributed by atoms with Crippen LogP contribution >= 0.6 is 0 Å². The van der Waals surface area contributed by atoms with Gasteiger partial charge >= 0.3 is 0 Å². The summed E-state index contributed by atoms with van der Waals surface area (Å²) in [4.78, 5) is 0. The van der Waals surface area contributed by atoms with Crippen molar-refractivity contribution in [1.29, 1.82) is 0 Å². The van der Waals surface area contributed by atoms with Gasteiger partial charge < -0.3 is 10.1 Å². The van der Waals surface area contributed by atoms with Gasteiger partial charge in [-0.05, 0) is 31.7 Å². The van der Waals surface area contributed by atoms with Crippen molar-refractivity contribution in [2.75, 3.05) is 13.2 Å². The number of hydrogen-bond acceptors (Lipinski definition) is 2. The van der Waals surface area contributed by atoms with Gasteiger partial charge in [0.1, 0.15) is 0 Å². The van der Waals surface area contributed by atoms with Gasteiger partial charge in [-0.1, -0.05) is 27.2 Å². The molecule has 1 atom stereocenters.